The van der Waals surface area contributed by atoms with Crippen LogP contribution in [0.25, 0.3) is 0 Å². The van der Waals surface area contributed by atoms with Crippen LogP contribution in [0.3, 0.4) is 0 Å². The summed E-state index contributed by atoms with van der Waals surface area (Å²) in [4.78, 5) is 12.2. The fourth-order valence-electron chi connectivity index (χ4n) is 2.20. The minimum absolute atomic E-state index is 0.0287. The summed E-state index contributed by atoms with van der Waals surface area (Å²) in [5, 5.41) is 0.0566. The van der Waals surface area contributed by atoms with E-state index in [0.29, 0.717) is 12.3 Å². The third-order valence-corrected chi connectivity index (χ3v) is 7.67. The van der Waals surface area contributed by atoms with Crippen LogP contribution in [0.15, 0.2) is 29.6 Å². The van der Waals surface area contributed by atoms with E-state index in [9.17, 15) is 8.42 Å². The zero-order valence-corrected chi connectivity index (χ0v) is 19.2. The summed E-state index contributed by atoms with van der Waals surface area (Å²) in [5.41, 5.74) is 0.594. The molecule has 2 aromatic heterocycles. The molecule has 0 atom stereocenters. The van der Waals surface area contributed by atoms with Gasteiger partial charge in [0, 0.05) is 27.1 Å². The molecule has 0 radical (unpaired) electrons. The summed E-state index contributed by atoms with van der Waals surface area (Å²) in [5.74, 6) is 0.110. The highest BCUT2D eigenvalue weighted by Crippen LogP contribution is 2.31. The smallest absolute Gasteiger partial charge is 0.270 e. The summed E-state index contributed by atoms with van der Waals surface area (Å²) in [6.07, 6.45) is 4.08. The molecule has 0 saturated heterocycles. The van der Waals surface area contributed by atoms with Gasteiger partial charge in [0.05, 0.1) is 24.0 Å². The zero-order valence-electron chi connectivity index (χ0n) is 16.6. The van der Waals surface area contributed by atoms with Crippen LogP contribution in [0.1, 0.15) is 5.69 Å². The van der Waals surface area contributed by atoms with Crippen molar-refractivity contribution in [2.24, 2.45) is 0 Å². The number of nitrogens with zero attached hydrogens (tertiary/aromatic N) is 4. The van der Waals surface area contributed by atoms with Gasteiger partial charge in [0.15, 0.2) is 0 Å². The van der Waals surface area contributed by atoms with Gasteiger partial charge in [-0.3, -0.25) is 4.98 Å². The Morgan fingerprint density at radius 3 is 2.57 bits per heavy atom. The number of pyridine rings is 1. The van der Waals surface area contributed by atoms with Gasteiger partial charge in [-0.1, -0.05) is 31.2 Å². The highest BCUT2D eigenvalue weighted by Gasteiger charge is 2.31. The highest BCUT2D eigenvalue weighted by atomic mass is 35.5. The fourth-order valence-corrected chi connectivity index (χ4v) is 4.67. The van der Waals surface area contributed by atoms with Crippen molar-refractivity contribution in [2.45, 2.75) is 37.5 Å². The number of aryl methyl sites for hydroxylation is 1. The Hall–Kier alpha value is -1.75. The van der Waals surface area contributed by atoms with Crippen molar-refractivity contribution in [3.63, 3.8) is 0 Å². The Labute approximate surface area is 171 Å². The lowest BCUT2D eigenvalue weighted by atomic mass is 10.5. The Morgan fingerprint density at radius 1 is 1.25 bits per heavy atom. The lowest BCUT2D eigenvalue weighted by Crippen LogP contribution is -2.35. The molecule has 2 aromatic rings. The molecule has 0 aromatic carbocycles. The SMILES string of the molecule is COc1nc(C)cnc1N(COCC[Si](C)(C)C)S(=O)(=O)c1cnccc1Cl. The maximum atomic E-state index is 13.3. The van der Waals surface area contributed by atoms with Crippen LogP contribution >= 0.6 is 11.6 Å². The first-order valence-electron chi connectivity index (χ1n) is 8.64. The largest absolute Gasteiger partial charge is 0.478 e. The van der Waals surface area contributed by atoms with Gasteiger partial charge >= 0.3 is 0 Å². The maximum absolute atomic E-state index is 13.3. The molecule has 8 nitrogen and oxygen atoms in total. The van der Waals surface area contributed by atoms with Crippen molar-refractivity contribution in [1.82, 2.24) is 15.0 Å². The van der Waals surface area contributed by atoms with E-state index in [1.165, 1.54) is 31.8 Å². The highest BCUT2D eigenvalue weighted by molar-refractivity contribution is 7.93. The average molecular weight is 445 g/mol. The van der Waals surface area contributed by atoms with Crippen LogP contribution in [-0.4, -0.2) is 51.9 Å². The molecule has 0 amide bonds. The second kappa shape index (κ2) is 9.16. The van der Waals surface area contributed by atoms with Crippen molar-refractivity contribution in [1.29, 1.82) is 0 Å². The number of methoxy groups -OCH3 is 1. The van der Waals surface area contributed by atoms with Gasteiger partial charge in [0.25, 0.3) is 15.9 Å². The molecule has 0 unspecified atom stereocenters. The van der Waals surface area contributed by atoms with Crippen LogP contribution in [0.4, 0.5) is 5.82 Å². The van der Waals surface area contributed by atoms with Crippen LogP contribution in [0, 0.1) is 6.92 Å². The first-order chi connectivity index (χ1) is 13.1. The molecule has 0 aliphatic rings. The second-order valence-electron chi connectivity index (χ2n) is 7.35. The number of aromatic nitrogens is 3. The van der Waals surface area contributed by atoms with E-state index in [1.807, 2.05) is 0 Å². The number of hydrogen-bond acceptors (Lipinski definition) is 7. The molecular formula is C17H25ClN4O4SSi. The third-order valence-electron chi connectivity index (χ3n) is 3.78. The van der Waals surface area contributed by atoms with Gasteiger partial charge in [0.2, 0.25) is 5.82 Å². The van der Waals surface area contributed by atoms with Crippen LogP contribution in [-0.2, 0) is 14.8 Å². The van der Waals surface area contributed by atoms with Crippen LogP contribution in [0.2, 0.25) is 30.7 Å². The summed E-state index contributed by atoms with van der Waals surface area (Å²) < 4.78 is 38.6. The van der Waals surface area contributed by atoms with E-state index >= 15 is 0 Å². The first kappa shape index (κ1) is 22.5. The Kier molecular flexibility index (Phi) is 7.37. The van der Waals surface area contributed by atoms with E-state index in [1.54, 1.807) is 6.92 Å². The van der Waals surface area contributed by atoms with E-state index in [2.05, 4.69) is 34.6 Å². The number of ether oxygens (including phenoxy) is 2. The molecule has 11 heteroatoms. The summed E-state index contributed by atoms with van der Waals surface area (Å²) >= 11 is 6.11. The molecule has 0 bridgehead atoms. The monoisotopic (exact) mass is 444 g/mol. The maximum Gasteiger partial charge on any atom is 0.270 e. The molecule has 0 saturated carbocycles. The number of rotatable bonds is 9. The zero-order chi connectivity index (χ0) is 20.9. The molecule has 0 spiro atoms. The minimum Gasteiger partial charge on any atom is -0.478 e. The average Bonchev–Trinajstić information content (AvgIpc) is 2.61. The molecule has 0 aliphatic carbocycles. The summed E-state index contributed by atoms with van der Waals surface area (Å²) in [6, 6.07) is 2.31. The van der Waals surface area contributed by atoms with Gasteiger partial charge in [-0.2, -0.15) is 0 Å². The number of sulfonamides is 1. The normalized spacial score (nSPS) is 12.1. The molecule has 0 aliphatic heterocycles. The van der Waals surface area contributed by atoms with Crippen LogP contribution in [0.5, 0.6) is 5.88 Å². The van der Waals surface area contributed by atoms with Crippen molar-refractivity contribution < 1.29 is 17.9 Å². The van der Waals surface area contributed by atoms with Crippen molar-refractivity contribution in [2.75, 3.05) is 24.8 Å². The van der Waals surface area contributed by atoms with E-state index < -0.39 is 18.1 Å². The van der Waals surface area contributed by atoms with Gasteiger partial charge in [-0.05, 0) is 19.0 Å². The second-order valence-corrected chi connectivity index (χ2v) is 15.2. The number of halogens is 1. The number of anilines is 1. The lowest BCUT2D eigenvalue weighted by molar-refractivity contribution is 0.155. The summed E-state index contributed by atoms with van der Waals surface area (Å²) in [7, 11) is -4.03. The predicted octanol–water partition coefficient (Wildman–Crippen LogP) is 3.35. The van der Waals surface area contributed by atoms with Gasteiger partial charge in [-0.15, -0.1) is 0 Å². The quantitative estimate of drug-likeness (QED) is 0.332. The Morgan fingerprint density at radius 2 is 1.96 bits per heavy atom. The van der Waals surface area contributed by atoms with Crippen molar-refractivity contribution >= 4 is 35.5 Å². The van der Waals surface area contributed by atoms with E-state index in [-0.39, 0.29) is 28.3 Å². The molecule has 2 heterocycles. The van der Waals surface area contributed by atoms with Crippen molar-refractivity contribution in [3.8, 4) is 5.88 Å². The van der Waals surface area contributed by atoms with Gasteiger partial charge < -0.3 is 9.47 Å². The van der Waals surface area contributed by atoms with Gasteiger partial charge in [-0.25, -0.2) is 22.7 Å². The predicted molar refractivity (Wildman–Crippen MR) is 111 cm³/mol. The molecule has 154 valence electrons. The fraction of sp³-hybridized carbons (Fsp3) is 0.471. The number of hydrogen-bond donors (Lipinski definition) is 0. The Balaban J connectivity index is 2.43. The molecular weight excluding hydrogens is 420 g/mol. The standard InChI is InChI=1S/C17H25ClN4O4SSi/c1-13-10-20-16(17(21-13)25-2)22(12-26-8-9-28(3,4)5)27(23,24)15-11-19-7-6-14(15)18/h6-7,10-11H,8-9,12H2,1-5H3. The molecule has 2 rings (SSSR count). The topological polar surface area (TPSA) is 94.5 Å². The van der Waals surface area contributed by atoms with Crippen LogP contribution < -0.4 is 9.04 Å². The summed E-state index contributed by atoms with van der Waals surface area (Å²) in [6.45, 7) is 8.58. The molecule has 28 heavy (non-hydrogen) atoms. The van der Waals surface area contributed by atoms with E-state index in [4.69, 9.17) is 21.1 Å². The third kappa shape index (κ3) is 5.63. The Bertz CT molecular complexity index is 922. The molecule has 0 N–H and O–H groups in total. The van der Waals surface area contributed by atoms with Crippen molar-refractivity contribution in [3.05, 3.63) is 35.4 Å². The first-order valence-corrected chi connectivity index (χ1v) is 14.2. The minimum atomic E-state index is -4.10. The molecule has 0 fully saturated rings. The van der Waals surface area contributed by atoms with Gasteiger partial charge in [0.1, 0.15) is 11.6 Å². The van der Waals surface area contributed by atoms with E-state index in [0.717, 1.165) is 10.3 Å². The lowest BCUT2D eigenvalue weighted by Gasteiger charge is -2.25.